The molecule has 5 nitrogen and oxygen atoms in total. The molecule has 1 fully saturated rings. The zero-order valence-corrected chi connectivity index (χ0v) is 16.6. The molecule has 0 atom stereocenters. The lowest BCUT2D eigenvalue weighted by Gasteiger charge is -2.36. The number of carbonyl (C=O) groups excluding carboxylic acids is 1. The molecule has 4 rings (SSSR count). The van der Waals surface area contributed by atoms with E-state index in [0.717, 1.165) is 51.5 Å². The predicted molar refractivity (Wildman–Crippen MR) is 111 cm³/mol. The van der Waals surface area contributed by atoms with Gasteiger partial charge in [0.05, 0.1) is 0 Å². The van der Waals surface area contributed by atoms with Crippen LogP contribution in [0.3, 0.4) is 0 Å². The molecule has 28 heavy (non-hydrogen) atoms. The standard InChI is InChI=1S/C22H27FN4O/c1-17(28)25-10-12-26(13-11-25)21-7-8-22-18(15-21)16-24(2)9-14-27(22)20-5-3-19(23)4-6-20/h3-8,15H,9-14,16H2,1-2H3. The highest BCUT2D eigenvalue weighted by Gasteiger charge is 2.23. The first kappa shape index (κ1) is 18.7. The Bertz CT molecular complexity index is 846. The molecule has 2 aliphatic heterocycles. The van der Waals surface area contributed by atoms with Crippen molar-refractivity contribution in [1.29, 1.82) is 0 Å². The summed E-state index contributed by atoms with van der Waals surface area (Å²) in [6.07, 6.45) is 0. The van der Waals surface area contributed by atoms with Gasteiger partial charge in [0.25, 0.3) is 0 Å². The van der Waals surface area contributed by atoms with Crippen LogP contribution in [0.4, 0.5) is 21.5 Å². The Kier molecular flexibility index (Phi) is 5.22. The first-order valence-electron chi connectivity index (χ1n) is 9.86. The Morgan fingerprint density at radius 1 is 0.893 bits per heavy atom. The minimum Gasteiger partial charge on any atom is -0.368 e. The smallest absolute Gasteiger partial charge is 0.219 e. The molecule has 0 aromatic heterocycles. The van der Waals surface area contributed by atoms with E-state index >= 15 is 0 Å². The van der Waals surface area contributed by atoms with Crippen LogP contribution in [-0.2, 0) is 11.3 Å². The first-order valence-corrected chi connectivity index (χ1v) is 9.86. The lowest BCUT2D eigenvalue weighted by molar-refractivity contribution is -0.129. The van der Waals surface area contributed by atoms with Gasteiger partial charge < -0.3 is 19.6 Å². The van der Waals surface area contributed by atoms with E-state index in [4.69, 9.17) is 0 Å². The fourth-order valence-corrected chi connectivity index (χ4v) is 4.09. The van der Waals surface area contributed by atoms with E-state index < -0.39 is 0 Å². The number of nitrogens with zero attached hydrogens (tertiary/aromatic N) is 4. The third-order valence-corrected chi connectivity index (χ3v) is 5.73. The van der Waals surface area contributed by atoms with Crippen LogP contribution in [0.5, 0.6) is 0 Å². The van der Waals surface area contributed by atoms with E-state index in [9.17, 15) is 9.18 Å². The molecule has 0 saturated carbocycles. The number of hydrogen-bond acceptors (Lipinski definition) is 4. The molecule has 2 aromatic carbocycles. The van der Waals surface area contributed by atoms with Crippen molar-refractivity contribution in [1.82, 2.24) is 9.80 Å². The number of likely N-dealkylation sites (N-methyl/N-ethyl adjacent to an activating group) is 1. The molecule has 0 unspecified atom stereocenters. The van der Waals surface area contributed by atoms with Gasteiger partial charge in [0.1, 0.15) is 5.82 Å². The van der Waals surface area contributed by atoms with Gasteiger partial charge in [0.2, 0.25) is 5.91 Å². The van der Waals surface area contributed by atoms with Crippen molar-refractivity contribution in [3.63, 3.8) is 0 Å². The summed E-state index contributed by atoms with van der Waals surface area (Å²) in [6, 6.07) is 13.4. The number of fused-ring (bicyclic) bond motifs is 1. The summed E-state index contributed by atoms with van der Waals surface area (Å²) in [4.78, 5) is 20.4. The molecular formula is C22H27FN4O. The van der Waals surface area contributed by atoms with Crippen molar-refractivity contribution in [2.75, 3.05) is 56.1 Å². The van der Waals surface area contributed by atoms with Crippen LogP contribution in [0.1, 0.15) is 12.5 Å². The van der Waals surface area contributed by atoms with Crippen LogP contribution in [-0.4, -0.2) is 62.0 Å². The Labute approximate surface area is 165 Å². The lowest BCUT2D eigenvalue weighted by Crippen LogP contribution is -2.48. The van der Waals surface area contributed by atoms with Crippen LogP contribution in [0, 0.1) is 5.82 Å². The van der Waals surface area contributed by atoms with E-state index in [1.807, 2.05) is 17.0 Å². The number of anilines is 3. The highest BCUT2D eigenvalue weighted by atomic mass is 19.1. The quantitative estimate of drug-likeness (QED) is 0.799. The summed E-state index contributed by atoms with van der Waals surface area (Å²) in [5, 5.41) is 0. The van der Waals surface area contributed by atoms with E-state index in [1.54, 1.807) is 6.92 Å². The summed E-state index contributed by atoms with van der Waals surface area (Å²) < 4.78 is 13.4. The summed E-state index contributed by atoms with van der Waals surface area (Å²) in [5.74, 6) is -0.0610. The van der Waals surface area contributed by atoms with Crippen molar-refractivity contribution < 1.29 is 9.18 Å². The van der Waals surface area contributed by atoms with Crippen molar-refractivity contribution >= 4 is 23.0 Å². The van der Waals surface area contributed by atoms with Crippen molar-refractivity contribution in [2.24, 2.45) is 0 Å². The number of piperazine rings is 1. The molecule has 6 heteroatoms. The average molecular weight is 382 g/mol. The molecule has 0 spiro atoms. The van der Waals surface area contributed by atoms with Crippen LogP contribution in [0.15, 0.2) is 42.5 Å². The number of rotatable bonds is 2. The third kappa shape index (κ3) is 3.83. The normalized spacial score (nSPS) is 18.0. The lowest BCUT2D eigenvalue weighted by atomic mass is 10.1. The second kappa shape index (κ2) is 7.80. The molecule has 2 heterocycles. The number of benzene rings is 2. The van der Waals surface area contributed by atoms with Crippen molar-refractivity contribution in [2.45, 2.75) is 13.5 Å². The molecule has 2 aromatic rings. The monoisotopic (exact) mass is 382 g/mol. The summed E-state index contributed by atoms with van der Waals surface area (Å²) in [7, 11) is 2.14. The Balaban J connectivity index is 1.61. The zero-order chi connectivity index (χ0) is 19.7. The van der Waals surface area contributed by atoms with Crippen LogP contribution in [0.25, 0.3) is 0 Å². The summed E-state index contributed by atoms with van der Waals surface area (Å²) in [6.45, 7) is 7.59. The maximum atomic E-state index is 13.4. The molecule has 1 saturated heterocycles. The molecule has 1 amide bonds. The van der Waals surface area contributed by atoms with Gasteiger partial charge in [-0.05, 0) is 55.1 Å². The van der Waals surface area contributed by atoms with Gasteiger partial charge in [0.15, 0.2) is 0 Å². The van der Waals surface area contributed by atoms with Gasteiger partial charge in [-0.2, -0.15) is 0 Å². The van der Waals surface area contributed by atoms with Gasteiger partial charge in [-0.15, -0.1) is 0 Å². The second-order valence-electron chi connectivity index (χ2n) is 7.67. The van der Waals surface area contributed by atoms with Gasteiger partial charge in [-0.25, -0.2) is 4.39 Å². The van der Waals surface area contributed by atoms with Gasteiger partial charge >= 0.3 is 0 Å². The maximum Gasteiger partial charge on any atom is 0.219 e. The molecule has 2 aliphatic rings. The van der Waals surface area contributed by atoms with Gasteiger partial charge in [-0.1, -0.05) is 0 Å². The predicted octanol–water partition coefficient (Wildman–Crippen LogP) is 3.08. The Hall–Kier alpha value is -2.60. The van der Waals surface area contributed by atoms with Gasteiger partial charge in [-0.3, -0.25) is 4.79 Å². The van der Waals surface area contributed by atoms with Gasteiger partial charge in [0, 0.05) is 69.8 Å². The Morgan fingerprint density at radius 2 is 1.57 bits per heavy atom. The molecule has 0 bridgehead atoms. The second-order valence-corrected chi connectivity index (χ2v) is 7.67. The van der Waals surface area contributed by atoms with Crippen molar-refractivity contribution in [3.8, 4) is 0 Å². The molecular weight excluding hydrogens is 355 g/mol. The minimum atomic E-state index is -0.212. The SMILES string of the molecule is CC(=O)N1CCN(c2ccc3c(c2)CN(C)CCN3c2ccc(F)cc2)CC1. The van der Waals surface area contributed by atoms with Crippen LogP contribution in [0.2, 0.25) is 0 Å². The fourth-order valence-electron chi connectivity index (χ4n) is 4.09. The molecule has 0 N–H and O–H groups in total. The summed E-state index contributed by atoms with van der Waals surface area (Å²) >= 11 is 0. The third-order valence-electron chi connectivity index (χ3n) is 5.73. The first-order chi connectivity index (χ1) is 13.5. The van der Waals surface area contributed by atoms with E-state index in [1.165, 1.54) is 29.1 Å². The highest BCUT2D eigenvalue weighted by Crippen LogP contribution is 2.34. The van der Waals surface area contributed by atoms with E-state index in [2.05, 4.69) is 39.9 Å². The molecule has 0 radical (unpaired) electrons. The number of hydrogen-bond donors (Lipinski definition) is 0. The average Bonchev–Trinajstić information content (AvgIpc) is 2.86. The topological polar surface area (TPSA) is 30.0 Å². The zero-order valence-electron chi connectivity index (χ0n) is 16.6. The molecule has 0 aliphatic carbocycles. The molecule has 148 valence electrons. The van der Waals surface area contributed by atoms with Crippen LogP contribution >= 0.6 is 0 Å². The maximum absolute atomic E-state index is 13.4. The largest absolute Gasteiger partial charge is 0.368 e. The van der Waals surface area contributed by atoms with E-state index in [-0.39, 0.29) is 11.7 Å². The highest BCUT2D eigenvalue weighted by molar-refractivity contribution is 5.74. The van der Waals surface area contributed by atoms with Crippen molar-refractivity contribution in [3.05, 3.63) is 53.8 Å². The Morgan fingerprint density at radius 3 is 2.25 bits per heavy atom. The van der Waals surface area contributed by atoms with Crippen LogP contribution < -0.4 is 9.80 Å². The number of amides is 1. The summed E-state index contributed by atoms with van der Waals surface area (Å²) in [5.41, 5.74) is 4.68. The number of halogens is 1. The van der Waals surface area contributed by atoms with E-state index in [0.29, 0.717) is 0 Å². The fraction of sp³-hybridized carbons (Fsp3) is 0.409. The minimum absolute atomic E-state index is 0.151. The number of carbonyl (C=O) groups is 1.